The van der Waals surface area contributed by atoms with Crippen LogP contribution in [0.3, 0.4) is 0 Å². The van der Waals surface area contributed by atoms with Crippen molar-refractivity contribution in [3.05, 3.63) is 42.5 Å². The van der Waals surface area contributed by atoms with Gasteiger partial charge in [0.15, 0.2) is 0 Å². The summed E-state index contributed by atoms with van der Waals surface area (Å²) in [6.45, 7) is 3.17. The van der Waals surface area contributed by atoms with Gasteiger partial charge >= 0.3 is 6.03 Å². The number of piperidine rings is 1. The maximum Gasteiger partial charge on any atom is 0.317 e. The maximum absolute atomic E-state index is 12.4. The van der Waals surface area contributed by atoms with E-state index < -0.39 is 0 Å². The highest BCUT2D eigenvalue weighted by atomic mass is 16.5. The predicted molar refractivity (Wildman–Crippen MR) is 108 cm³/mol. The van der Waals surface area contributed by atoms with E-state index >= 15 is 0 Å². The highest BCUT2D eigenvalue weighted by Crippen LogP contribution is 2.25. The van der Waals surface area contributed by atoms with Crippen molar-refractivity contribution >= 4 is 22.7 Å². The van der Waals surface area contributed by atoms with Crippen LogP contribution in [0.2, 0.25) is 0 Å². The highest BCUT2D eigenvalue weighted by Gasteiger charge is 2.31. The molecule has 2 aromatic rings. The van der Waals surface area contributed by atoms with E-state index in [0.717, 1.165) is 42.3 Å². The summed E-state index contributed by atoms with van der Waals surface area (Å²) in [5.74, 6) is 1.11. The van der Waals surface area contributed by atoms with E-state index in [1.165, 1.54) is 0 Å². The number of benzene rings is 2. The molecule has 1 N–H and O–H groups in total. The topological polar surface area (TPSA) is 61.9 Å². The van der Waals surface area contributed by atoms with Gasteiger partial charge in [-0.15, -0.1) is 0 Å². The van der Waals surface area contributed by atoms with Crippen LogP contribution in [-0.2, 0) is 4.79 Å². The fourth-order valence-electron chi connectivity index (χ4n) is 4.19. The van der Waals surface area contributed by atoms with Crippen LogP contribution in [-0.4, -0.2) is 60.6 Å². The molecule has 0 unspecified atom stereocenters. The Morgan fingerprint density at radius 3 is 2.64 bits per heavy atom. The molecular formula is C22H27N3O3. The van der Waals surface area contributed by atoms with Crippen molar-refractivity contribution in [2.75, 3.05) is 32.8 Å². The lowest BCUT2D eigenvalue weighted by Gasteiger charge is -2.36. The van der Waals surface area contributed by atoms with E-state index in [4.69, 9.17) is 4.74 Å². The molecule has 0 aromatic heterocycles. The minimum atomic E-state index is -0.0484. The van der Waals surface area contributed by atoms with Crippen molar-refractivity contribution in [3.8, 4) is 5.75 Å². The summed E-state index contributed by atoms with van der Waals surface area (Å²) in [6.07, 6.45) is 3.38. The van der Waals surface area contributed by atoms with Gasteiger partial charge in [-0.1, -0.05) is 36.4 Å². The maximum atomic E-state index is 12.4. The van der Waals surface area contributed by atoms with E-state index in [1.54, 1.807) is 0 Å². The molecular weight excluding hydrogens is 354 g/mol. The Kier molecular flexibility index (Phi) is 5.65. The van der Waals surface area contributed by atoms with Crippen LogP contribution < -0.4 is 10.1 Å². The second-order valence-corrected chi connectivity index (χ2v) is 7.47. The highest BCUT2D eigenvalue weighted by molar-refractivity contribution is 5.88. The molecule has 2 aromatic carbocycles. The molecule has 2 fully saturated rings. The van der Waals surface area contributed by atoms with Crippen molar-refractivity contribution in [2.24, 2.45) is 0 Å². The Labute approximate surface area is 165 Å². The van der Waals surface area contributed by atoms with Crippen molar-refractivity contribution in [3.63, 3.8) is 0 Å². The molecule has 3 amide bonds. The summed E-state index contributed by atoms with van der Waals surface area (Å²) in [5, 5.41) is 5.17. The number of hydrogen-bond acceptors (Lipinski definition) is 3. The number of fused-ring (bicyclic) bond motifs is 1. The quantitative estimate of drug-likeness (QED) is 0.810. The number of nitrogens with zero attached hydrogens (tertiary/aromatic N) is 2. The van der Waals surface area contributed by atoms with Gasteiger partial charge in [-0.3, -0.25) is 4.79 Å². The van der Waals surface area contributed by atoms with Gasteiger partial charge in [0.1, 0.15) is 12.4 Å². The van der Waals surface area contributed by atoms with Crippen LogP contribution in [0.1, 0.15) is 25.7 Å². The minimum absolute atomic E-state index is 0.0484. The van der Waals surface area contributed by atoms with Crippen LogP contribution >= 0.6 is 0 Å². The first kappa shape index (κ1) is 18.6. The molecule has 28 heavy (non-hydrogen) atoms. The third-order valence-electron chi connectivity index (χ3n) is 5.69. The first-order valence-electron chi connectivity index (χ1n) is 10.2. The smallest absolute Gasteiger partial charge is 0.317 e. The molecule has 0 bridgehead atoms. The van der Waals surface area contributed by atoms with Gasteiger partial charge in [0.25, 0.3) is 0 Å². The van der Waals surface area contributed by atoms with Crippen LogP contribution in [0.4, 0.5) is 4.79 Å². The molecule has 2 aliphatic rings. The molecule has 0 spiro atoms. The average molecular weight is 381 g/mol. The molecule has 2 heterocycles. The average Bonchev–Trinajstić information content (AvgIpc) is 3.17. The van der Waals surface area contributed by atoms with E-state index in [2.05, 4.69) is 17.4 Å². The van der Waals surface area contributed by atoms with Crippen LogP contribution in [0.5, 0.6) is 5.75 Å². The van der Waals surface area contributed by atoms with Crippen molar-refractivity contribution in [1.29, 1.82) is 0 Å². The number of likely N-dealkylation sites (tertiary alicyclic amines) is 2. The first-order valence-corrected chi connectivity index (χ1v) is 10.2. The summed E-state index contributed by atoms with van der Waals surface area (Å²) < 4.78 is 5.88. The molecule has 0 atom stereocenters. The molecule has 2 aliphatic heterocycles. The zero-order chi connectivity index (χ0) is 19.3. The zero-order valence-corrected chi connectivity index (χ0v) is 16.1. The Morgan fingerprint density at radius 1 is 1.07 bits per heavy atom. The molecule has 0 saturated carbocycles. The van der Waals surface area contributed by atoms with Crippen LogP contribution in [0.15, 0.2) is 42.5 Å². The number of carbonyl (C=O) groups is 2. The number of ether oxygens (including phenoxy) is 1. The molecule has 4 rings (SSSR count). The Bertz CT molecular complexity index is 841. The van der Waals surface area contributed by atoms with Crippen LogP contribution in [0, 0.1) is 0 Å². The van der Waals surface area contributed by atoms with E-state index in [1.807, 2.05) is 40.1 Å². The van der Waals surface area contributed by atoms with Gasteiger partial charge in [0.2, 0.25) is 5.91 Å². The standard InChI is InChI=1S/C22H27N3O3/c26-21-9-4-13-25(21)18-10-14-24(15-11-18)22(27)23-12-16-28-20-8-3-6-17-5-1-2-7-19(17)20/h1-3,5-8,18H,4,9-16H2,(H,23,27). The predicted octanol–water partition coefficient (Wildman–Crippen LogP) is 3.02. The third kappa shape index (κ3) is 4.06. The van der Waals surface area contributed by atoms with Crippen molar-refractivity contribution in [1.82, 2.24) is 15.1 Å². The van der Waals surface area contributed by atoms with E-state index in [9.17, 15) is 9.59 Å². The van der Waals surface area contributed by atoms with Crippen molar-refractivity contribution < 1.29 is 14.3 Å². The van der Waals surface area contributed by atoms with Gasteiger partial charge in [-0.05, 0) is 30.7 Å². The normalized spacial score (nSPS) is 17.9. The fourth-order valence-corrected chi connectivity index (χ4v) is 4.19. The van der Waals surface area contributed by atoms with E-state index in [-0.39, 0.29) is 11.9 Å². The summed E-state index contributed by atoms with van der Waals surface area (Å²) in [6, 6.07) is 14.3. The van der Waals surface area contributed by atoms with E-state index in [0.29, 0.717) is 38.7 Å². The Morgan fingerprint density at radius 2 is 1.86 bits per heavy atom. The number of amides is 3. The summed E-state index contributed by atoms with van der Waals surface area (Å²) in [5.41, 5.74) is 0. The molecule has 0 radical (unpaired) electrons. The molecule has 2 saturated heterocycles. The Hall–Kier alpha value is -2.76. The van der Waals surface area contributed by atoms with Gasteiger partial charge in [0, 0.05) is 37.5 Å². The third-order valence-corrected chi connectivity index (χ3v) is 5.69. The second-order valence-electron chi connectivity index (χ2n) is 7.47. The molecule has 148 valence electrons. The molecule has 0 aliphatic carbocycles. The van der Waals surface area contributed by atoms with Gasteiger partial charge in [-0.2, -0.15) is 0 Å². The first-order chi connectivity index (χ1) is 13.7. The Balaban J connectivity index is 1.20. The number of carbonyl (C=O) groups excluding carboxylic acids is 2. The van der Waals surface area contributed by atoms with Gasteiger partial charge in [-0.25, -0.2) is 4.79 Å². The lowest BCUT2D eigenvalue weighted by atomic mass is 10.0. The minimum Gasteiger partial charge on any atom is -0.491 e. The fraction of sp³-hybridized carbons (Fsp3) is 0.455. The van der Waals surface area contributed by atoms with Gasteiger partial charge < -0.3 is 19.9 Å². The SMILES string of the molecule is O=C(NCCOc1cccc2ccccc12)N1CCC(N2CCCC2=O)CC1. The lowest BCUT2D eigenvalue weighted by molar-refractivity contribution is -0.130. The largest absolute Gasteiger partial charge is 0.491 e. The summed E-state index contributed by atoms with van der Waals surface area (Å²) in [4.78, 5) is 28.1. The number of hydrogen-bond donors (Lipinski definition) is 1. The van der Waals surface area contributed by atoms with Gasteiger partial charge in [0.05, 0.1) is 6.54 Å². The van der Waals surface area contributed by atoms with Crippen LogP contribution in [0.25, 0.3) is 10.8 Å². The number of urea groups is 1. The summed E-state index contributed by atoms with van der Waals surface area (Å²) >= 11 is 0. The number of nitrogens with one attached hydrogen (secondary N) is 1. The van der Waals surface area contributed by atoms with Crippen molar-refractivity contribution in [2.45, 2.75) is 31.7 Å². The molecule has 6 nitrogen and oxygen atoms in total. The monoisotopic (exact) mass is 381 g/mol. The summed E-state index contributed by atoms with van der Waals surface area (Å²) in [7, 11) is 0. The number of rotatable bonds is 5. The lowest BCUT2D eigenvalue weighted by Crippen LogP contribution is -2.50. The zero-order valence-electron chi connectivity index (χ0n) is 16.1. The molecule has 6 heteroatoms. The second kappa shape index (κ2) is 8.50.